The molecule has 0 aromatic carbocycles. The summed E-state index contributed by atoms with van der Waals surface area (Å²) in [6, 6.07) is 1.84. The third-order valence-corrected chi connectivity index (χ3v) is 7.18. The molecule has 1 heterocycles. The Labute approximate surface area is 195 Å². The fourth-order valence-electron chi connectivity index (χ4n) is 4.31. The molecule has 1 atom stereocenters. The standard InChI is InChI=1S/C26H35NO4S/c1-17-6-8-18(9-7-17)24(29)27(19-10-12-20(28)13-11-19)22-16-21(14-15-26(2,3)4)32-23(22)25(30)31-5/h6,16,18-20,28H,7-13H2,1-5H3/t18-,19?,20?/m0/s1. The van der Waals surface area contributed by atoms with E-state index in [1.165, 1.54) is 24.0 Å². The molecule has 0 bridgehead atoms. The monoisotopic (exact) mass is 457 g/mol. The van der Waals surface area contributed by atoms with Gasteiger partial charge < -0.3 is 14.7 Å². The van der Waals surface area contributed by atoms with Crippen LogP contribution in [0.15, 0.2) is 17.7 Å². The second kappa shape index (κ2) is 10.2. The van der Waals surface area contributed by atoms with Crippen molar-refractivity contribution in [2.75, 3.05) is 12.0 Å². The molecule has 1 saturated carbocycles. The molecule has 5 nitrogen and oxygen atoms in total. The van der Waals surface area contributed by atoms with Gasteiger partial charge in [0.1, 0.15) is 4.88 Å². The largest absolute Gasteiger partial charge is 0.465 e. The van der Waals surface area contributed by atoms with Crippen molar-refractivity contribution in [1.29, 1.82) is 0 Å². The van der Waals surface area contributed by atoms with Crippen molar-refractivity contribution >= 4 is 28.9 Å². The Balaban J connectivity index is 2.04. The lowest BCUT2D eigenvalue weighted by Crippen LogP contribution is -2.46. The summed E-state index contributed by atoms with van der Waals surface area (Å²) in [7, 11) is 1.37. The molecule has 2 aliphatic rings. The molecule has 6 heteroatoms. The lowest BCUT2D eigenvalue weighted by atomic mass is 9.86. The predicted molar refractivity (Wildman–Crippen MR) is 129 cm³/mol. The van der Waals surface area contributed by atoms with Crippen LogP contribution in [0, 0.1) is 23.2 Å². The molecule has 0 aliphatic heterocycles. The zero-order chi connectivity index (χ0) is 23.5. The van der Waals surface area contributed by atoms with Gasteiger partial charge in [0, 0.05) is 17.4 Å². The van der Waals surface area contributed by atoms with Crippen LogP contribution in [0.5, 0.6) is 0 Å². The molecule has 3 rings (SSSR count). The second-order valence-electron chi connectivity index (χ2n) is 10.0. The molecule has 1 amide bonds. The van der Waals surface area contributed by atoms with Gasteiger partial charge >= 0.3 is 5.97 Å². The highest BCUT2D eigenvalue weighted by molar-refractivity contribution is 7.15. The fraction of sp³-hybridized carbons (Fsp3) is 0.615. The first-order chi connectivity index (χ1) is 15.1. The summed E-state index contributed by atoms with van der Waals surface area (Å²) in [5.41, 5.74) is 1.77. The van der Waals surface area contributed by atoms with Crippen LogP contribution < -0.4 is 4.90 Å². The molecule has 1 fully saturated rings. The molecular weight excluding hydrogens is 422 g/mol. The van der Waals surface area contributed by atoms with Gasteiger partial charge in [0.25, 0.3) is 0 Å². The van der Waals surface area contributed by atoms with Gasteiger partial charge in [-0.25, -0.2) is 4.79 Å². The summed E-state index contributed by atoms with van der Waals surface area (Å²) in [5, 5.41) is 10.0. The highest BCUT2D eigenvalue weighted by Crippen LogP contribution is 2.38. The molecule has 32 heavy (non-hydrogen) atoms. The minimum atomic E-state index is -0.443. The van der Waals surface area contributed by atoms with Gasteiger partial charge in [-0.2, -0.15) is 0 Å². The van der Waals surface area contributed by atoms with Crippen LogP contribution in [0.4, 0.5) is 5.69 Å². The van der Waals surface area contributed by atoms with Crippen molar-refractivity contribution in [3.05, 3.63) is 27.5 Å². The van der Waals surface area contributed by atoms with Gasteiger partial charge in [0.05, 0.1) is 23.8 Å². The maximum atomic E-state index is 13.8. The van der Waals surface area contributed by atoms with E-state index in [2.05, 4.69) is 24.8 Å². The lowest BCUT2D eigenvalue weighted by Gasteiger charge is -2.38. The SMILES string of the molecule is COC(=O)c1sc(C#CC(C)(C)C)cc1N(C(=O)[C@H]1CC=C(C)CC1)C1CCC(O)CC1. The number of anilines is 1. The summed E-state index contributed by atoms with van der Waals surface area (Å²) >= 11 is 1.29. The number of carbonyl (C=O) groups excluding carboxylic acids is 2. The number of rotatable bonds is 4. The van der Waals surface area contributed by atoms with Gasteiger partial charge in [-0.1, -0.05) is 23.5 Å². The van der Waals surface area contributed by atoms with Crippen molar-refractivity contribution in [3.8, 4) is 11.8 Å². The van der Waals surface area contributed by atoms with Crippen LogP contribution in [0.25, 0.3) is 0 Å². The first kappa shape index (κ1) is 24.5. The summed E-state index contributed by atoms with van der Waals surface area (Å²) < 4.78 is 5.07. The van der Waals surface area contributed by atoms with E-state index in [0.717, 1.165) is 24.1 Å². The van der Waals surface area contributed by atoms with Crippen molar-refractivity contribution in [1.82, 2.24) is 0 Å². The van der Waals surface area contributed by atoms with Crippen LogP contribution in [-0.2, 0) is 9.53 Å². The van der Waals surface area contributed by atoms with Crippen LogP contribution in [0.2, 0.25) is 0 Å². The number of aliphatic hydroxyl groups is 1. The maximum Gasteiger partial charge on any atom is 0.350 e. The molecule has 0 radical (unpaired) electrons. The zero-order valence-corrected chi connectivity index (χ0v) is 20.7. The molecule has 0 unspecified atom stereocenters. The molecule has 0 spiro atoms. The third kappa shape index (κ3) is 6.02. The van der Waals surface area contributed by atoms with Gasteiger partial charge in [-0.15, -0.1) is 11.3 Å². The second-order valence-corrected chi connectivity index (χ2v) is 11.1. The van der Waals surface area contributed by atoms with E-state index in [9.17, 15) is 14.7 Å². The number of methoxy groups -OCH3 is 1. The lowest BCUT2D eigenvalue weighted by molar-refractivity contribution is -0.123. The van der Waals surface area contributed by atoms with Gasteiger partial charge in [-0.3, -0.25) is 4.79 Å². The average molecular weight is 458 g/mol. The Kier molecular flexibility index (Phi) is 7.84. The van der Waals surface area contributed by atoms with Gasteiger partial charge in [-0.05, 0) is 78.7 Å². The third-order valence-electron chi connectivity index (χ3n) is 6.16. The summed E-state index contributed by atoms with van der Waals surface area (Å²) in [5.74, 6) is 5.93. The van der Waals surface area contributed by atoms with Crippen LogP contribution >= 0.6 is 11.3 Å². The van der Waals surface area contributed by atoms with Gasteiger partial charge in [0.2, 0.25) is 5.91 Å². The first-order valence-corrected chi connectivity index (χ1v) is 12.3. The number of esters is 1. The predicted octanol–water partition coefficient (Wildman–Crippen LogP) is 5.32. The van der Waals surface area contributed by atoms with E-state index in [0.29, 0.717) is 36.2 Å². The number of allylic oxidation sites excluding steroid dienone is 2. The van der Waals surface area contributed by atoms with Crippen molar-refractivity contribution in [2.24, 2.45) is 11.3 Å². The molecule has 1 aromatic rings. The summed E-state index contributed by atoms with van der Waals surface area (Å²) in [4.78, 5) is 29.5. The van der Waals surface area contributed by atoms with E-state index < -0.39 is 5.97 Å². The van der Waals surface area contributed by atoms with Crippen molar-refractivity contribution in [2.45, 2.75) is 84.8 Å². The Hall–Kier alpha value is -2.10. The van der Waals surface area contributed by atoms with Crippen LogP contribution in [-0.4, -0.2) is 36.2 Å². The zero-order valence-electron chi connectivity index (χ0n) is 19.9. The number of ether oxygens (including phenoxy) is 1. The number of amides is 1. The number of hydrogen-bond donors (Lipinski definition) is 1. The Morgan fingerprint density at radius 1 is 1.19 bits per heavy atom. The smallest absolute Gasteiger partial charge is 0.350 e. The number of thiophene rings is 1. The number of carbonyl (C=O) groups is 2. The average Bonchev–Trinajstić information content (AvgIpc) is 3.17. The molecule has 1 aromatic heterocycles. The Morgan fingerprint density at radius 2 is 1.88 bits per heavy atom. The number of hydrogen-bond acceptors (Lipinski definition) is 5. The van der Waals surface area contributed by atoms with E-state index in [4.69, 9.17) is 4.74 Å². The molecule has 1 N–H and O–H groups in total. The van der Waals surface area contributed by atoms with E-state index in [-0.39, 0.29) is 29.4 Å². The molecule has 174 valence electrons. The van der Waals surface area contributed by atoms with Crippen LogP contribution in [0.3, 0.4) is 0 Å². The first-order valence-electron chi connectivity index (χ1n) is 11.5. The highest BCUT2D eigenvalue weighted by atomic mass is 32.1. The highest BCUT2D eigenvalue weighted by Gasteiger charge is 2.36. The molecular formula is C26H35NO4S. The minimum Gasteiger partial charge on any atom is -0.465 e. The molecule has 2 aliphatic carbocycles. The number of aliphatic hydroxyl groups excluding tert-OH is 1. The summed E-state index contributed by atoms with van der Waals surface area (Å²) in [6.45, 7) is 8.22. The molecule has 0 saturated heterocycles. The van der Waals surface area contributed by atoms with Crippen LogP contribution in [0.1, 0.15) is 87.2 Å². The van der Waals surface area contributed by atoms with Gasteiger partial charge in [0.15, 0.2) is 0 Å². The van der Waals surface area contributed by atoms with E-state index in [1.54, 1.807) is 0 Å². The minimum absolute atomic E-state index is 0.0423. The quantitative estimate of drug-likeness (QED) is 0.378. The van der Waals surface area contributed by atoms with Crippen molar-refractivity contribution < 1.29 is 19.4 Å². The van der Waals surface area contributed by atoms with E-state index >= 15 is 0 Å². The van der Waals surface area contributed by atoms with E-state index in [1.807, 2.05) is 31.7 Å². The summed E-state index contributed by atoms with van der Waals surface area (Å²) in [6.07, 6.45) is 7.06. The van der Waals surface area contributed by atoms with Crippen molar-refractivity contribution in [3.63, 3.8) is 0 Å². The topological polar surface area (TPSA) is 66.8 Å². The normalized spacial score (nSPS) is 23.6. The Morgan fingerprint density at radius 3 is 2.44 bits per heavy atom. The maximum absolute atomic E-state index is 13.8. The fourth-order valence-corrected chi connectivity index (χ4v) is 5.23. The number of nitrogens with zero attached hydrogens (tertiary/aromatic N) is 1. The Bertz CT molecular complexity index is 935.